The Morgan fingerprint density at radius 3 is 1.61 bits per heavy atom. The van der Waals surface area contributed by atoms with Crippen molar-refractivity contribution in [1.29, 1.82) is 0 Å². The molecule has 0 aromatic rings. The van der Waals surface area contributed by atoms with Gasteiger partial charge in [-0.05, 0) is 20.8 Å². The summed E-state index contributed by atoms with van der Waals surface area (Å²) in [5.41, 5.74) is -2.65. The smallest absolute Gasteiger partial charge is 0.350 e. The summed E-state index contributed by atoms with van der Waals surface area (Å²) in [7, 11) is 0. The second kappa shape index (κ2) is 7.65. The molecule has 0 unspecified atom stereocenters. The first kappa shape index (κ1) is 16.4. The number of esters is 3. The molecule has 0 saturated heterocycles. The van der Waals surface area contributed by atoms with Crippen LogP contribution in [0.15, 0.2) is 0 Å². The molecule has 0 bridgehead atoms. The van der Waals surface area contributed by atoms with Gasteiger partial charge in [0.15, 0.2) is 0 Å². The van der Waals surface area contributed by atoms with E-state index in [1.165, 1.54) is 13.8 Å². The molecule has 0 fully saturated rings. The summed E-state index contributed by atoms with van der Waals surface area (Å²) in [5.74, 6) is -3.34. The van der Waals surface area contributed by atoms with Gasteiger partial charge in [0.1, 0.15) is 0 Å². The molecule has 0 heterocycles. The fourth-order valence-corrected chi connectivity index (χ4v) is 1.15. The number of ether oxygens (including phenoxy) is 3. The van der Waals surface area contributed by atoms with Gasteiger partial charge in [-0.2, -0.15) is 0 Å². The molecule has 0 aromatic heterocycles. The van der Waals surface area contributed by atoms with E-state index in [1.54, 1.807) is 6.92 Å². The number of aliphatic hydroxyl groups is 1. The molecule has 104 valence electrons. The topological polar surface area (TPSA) is 99.1 Å². The summed E-state index contributed by atoms with van der Waals surface area (Å²) in [6.07, 6.45) is -0.835. The largest absolute Gasteiger partial charge is 0.466 e. The van der Waals surface area contributed by atoms with Crippen molar-refractivity contribution < 1.29 is 33.7 Å². The minimum Gasteiger partial charge on any atom is -0.466 e. The van der Waals surface area contributed by atoms with E-state index in [1.807, 2.05) is 0 Å². The van der Waals surface area contributed by atoms with E-state index in [0.717, 1.165) is 0 Å². The maximum absolute atomic E-state index is 11.5. The number of hydrogen-bond acceptors (Lipinski definition) is 7. The highest BCUT2D eigenvalue weighted by molar-refractivity contribution is 6.06. The highest BCUT2D eigenvalue weighted by Crippen LogP contribution is 2.16. The van der Waals surface area contributed by atoms with Crippen LogP contribution in [0.4, 0.5) is 0 Å². The molecule has 0 atom stereocenters. The summed E-state index contributed by atoms with van der Waals surface area (Å²) in [4.78, 5) is 34.4. The summed E-state index contributed by atoms with van der Waals surface area (Å²) in [5, 5.41) is 9.96. The molecular formula is C11H18O7. The van der Waals surface area contributed by atoms with Gasteiger partial charge in [-0.1, -0.05) is 0 Å². The molecule has 0 amide bonds. The Kier molecular flexibility index (Phi) is 6.96. The van der Waals surface area contributed by atoms with Crippen molar-refractivity contribution in [2.75, 3.05) is 19.8 Å². The zero-order valence-corrected chi connectivity index (χ0v) is 10.7. The van der Waals surface area contributed by atoms with Gasteiger partial charge >= 0.3 is 17.9 Å². The molecule has 7 nitrogen and oxygen atoms in total. The molecule has 1 N–H and O–H groups in total. The quantitative estimate of drug-likeness (QED) is 0.385. The van der Waals surface area contributed by atoms with Gasteiger partial charge in [-0.15, -0.1) is 0 Å². The Morgan fingerprint density at radius 2 is 1.28 bits per heavy atom. The zero-order chi connectivity index (χ0) is 14.2. The number of carbonyl (C=O) groups excluding carboxylic acids is 3. The molecule has 0 saturated carbocycles. The predicted molar refractivity (Wildman–Crippen MR) is 59.5 cm³/mol. The lowest BCUT2D eigenvalue weighted by Crippen LogP contribution is -2.50. The van der Waals surface area contributed by atoms with Crippen LogP contribution >= 0.6 is 0 Å². The van der Waals surface area contributed by atoms with Crippen molar-refractivity contribution in [1.82, 2.24) is 0 Å². The van der Waals surface area contributed by atoms with E-state index in [9.17, 15) is 19.5 Å². The zero-order valence-electron chi connectivity index (χ0n) is 10.7. The van der Waals surface area contributed by atoms with Crippen LogP contribution in [0.5, 0.6) is 0 Å². The van der Waals surface area contributed by atoms with Crippen LogP contribution in [0.3, 0.4) is 0 Å². The molecule has 0 aliphatic rings. The third kappa shape index (κ3) is 4.33. The fourth-order valence-electron chi connectivity index (χ4n) is 1.15. The van der Waals surface area contributed by atoms with Crippen LogP contribution < -0.4 is 0 Å². The van der Waals surface area contributed by atoms with Gasteiger partial charge in [-0.25, -0.2) is 9.59 Å². The SMILES string of the molecule is CCOC(=O)CC(O)(C(=O)OCC)C(=O)OCC. The number of rotatable bonds is 7. The molecule has 0 aliphatic carbocycles. The lowest BCUT2D eigenvalue weighted by molar-refractivity contribution is -0.188. The predicted octanol–water partition coefficient (Wildman–Crippen LogP) is -0.203. The third-order valence-corrected chi connectivity index (χ3v) is 1.93. The molecule has 0 aliphatic heterocycles. The molecule has 0 aromatic carbocycles. The Morgan fingerprint density at radius 1 is 0.889 bits per heavy atom. The second-order valence-corrected chi connectivity index (χ2v) is 3.28. The van der Waals surface area contributed by atoms with Crippen LogP contribution in [-0.4, -0.2) is 48.4 Å². The van der Waals surface area contributed by atoms with Crippen molar-refractivity contribution in [3.63, 3.8) is 0 Å². The summed E-state index contributed by atoms with van der Waals surface area (Å²) < 4.78 is 13.7. The monoisotopic (exact) mass is 262 g/mol. The average molecular weight is 262 g/mol. The van der Waals surface area contributed by atoms with Crippen molar-refractivity contribution in [3.8, 4) is 0 Å². The van der Waals surface area contributed by atoms with Crippen LogP contribution in [0.25, 0.3) is 0 Å². The normalized spacial score (nSPS) is 10.7. The maximum Gasteiger partial charge on any atom is 0.350 e. The van der Waals surface area contributed by atoms with Crippen LogP contribution in [0.2, 0.25) is 0 Å². The molecular weight excluding hydrogens is 244 g/mol. The molecule has 0 rings (SSSR count). The Hall–Kier alpha value is -1.63. The van der Waals surface area contributed by atoms with Crippen molar-refractivity contribution in [3.05, 3.63) is 0 Å². The van der Waals surface area contributed by atoms with Crippen LogP contribution in [0, 0.1) is 0 Å². The van der Waals surface area contributed by atoms with Crippen molar-refractivity contribution in [2.24, 2.45) is 0 Å². The minimum atomic E-state index is -2.65. The fraction of sp³-hybridized carbons (Fsp3) is 0.727. The second-order valence-electron chi connectivity index (χ2n) is 3.28. The first-order valence-corrected chi connectivity index (χ1v) is 5.64. The highest BCUT2D eigenvalue weighted by Gasteiger charge is 2.49. The lowest BCUT2D eigenvalue weighted by atomic mass is 10.0. The maximum atomic E-state index is 11.5. The standard InChI is InChI=1S/C11H18O7/c1-4-16-8(12)7-11(15,9(13)17-5-2)10(14)18-6-3/h15H,4-7H2,1-3H3. The lowest BCUT2D eigenvalue weighted by Gasteiger charge is -2.22. The van der Waals surface area contributed by atoms with Gasteiger partial charge in [0.25, 0.3) is 5.60 Å². The van der Waals surface area contributed by atoms with Crippen LogP contribution in [0.1, 0.15) is 27.2 Å². The number of carbonyl (C=O) groups is 3. The third-order valence-electron chi connectivity index (χ3n) is 1.93. The van der Waals surface area contributed by atoms with E-state index < -0.39 is 29.9 Å². The molecule has 0 radical (unpaired) electrons. The molecule has 0 spiro atoms. The molecule has 7 heteroatoms. The van der Waals surface area contributed by atoms with Gasteiger partial charge in [0.2, 0.25) is 0 Å². The number of hydrogen-bond donors (Lipinski definition) is 1. The first-order chi connectivity index (χ1) is 8.42. The minimum absolute atomic E-state index is 0.0383. The highest BCUT2D eigenvalue weighted by atomic mass is 16.6. The van der Waals surface area contributed by atoms with Gasteiger partial charge in [-0.3, -0.25) is 4.79 Å². The Bertz CT molecular complexity index is 293. The van der Waals surface area contributed by atoms with Gasteiger partial charge < -0.3 is 19.3 Å². The van der Waals surface area contributed by atoms with Crippen molar-refractivity contribution in [2.45, 2.75) is 32.8 Å². The van der Waals surface area contributed by atoms with E-state index in [4.69, 9.17) is 0 Å². The summed E-state index contributed by atoms with van der Waals surface area (Å²) in [6.45, 7) is 4.57. The van der Waals surface area contributed by atoms with E-state index in [2.05, 4.69) is 14.2 Å². The summed E-state index contributed by atoms with van der Waals surface area (Å²) >= 11 is 0. The van der Waals surface area contributed by atoms with E-state index in [-0.39, 0.29) is 19.8 Å². The van der Waals surface area contributed by atoms with E-state index >= 15 is 0 Å². The summed E-state index contributed by atoms with van der Waals surface area (Å²) in [6, 6.07) is 0. The average Bonchev–Trinajstić information content (AvgIpc) is 2.29. The van der Waals surface area contributed by atoms with Gasteiger partial charge in [0.05, 0.1) is 26.2 Å². The Balaban J connectivity index is 4.96. The van der Waals surface area contributed by atoms with Crippen molar-refractivity contribution >= 4 is 17.9 Å². The first-order valence-electron chi connectivity index (χ1n) is 5.64. The molecule has 18 heavy (non-hydrogen) atoms. The van der Waals surface area contributed by atoms with Gasteiger partial charge in [0, 0.05) is 0 Å². The Labute approximate surface area is 105 Å². The van der Waals surface area contributed by atoms with E-state index in [0.29, 0.717) is 0 Å². The van der Waals surface area contributed by atoms with Crippen LogP contribution in [-0.2, 0) is 28.6 Å².